The van der Waals surface area contributed by atoms with Crippen LogP contribution in [-0.4, -0.2) is 20.7 Å². The van der Waals surface area contributed by atoms with Gasteiger partial charge >= 0.3 is 32.9 Å². The van der Waals surface area contributed by atoms with Crippen molar-refractivity contribution in [2.75, 3.05) is 0 Å². The van der Waals surface area contributed by atoms with Crippen LogP contribution in [0.25, 0.3) is 0 Å². The normalized spacial score (nSPS) is 8.50. The molecule has 0 aromatic rings. The summed E-state index contributed by atoms with van der Waals surface area (Å²) in [7, 11) is 0. The SMILES string of the molecule is C=C=O.[OH][Ti]([OH])([OH])[OH]. The Balaban J connectivity index is 0. The van der Waals surface area contributed by atoms with Crippen molar-refractivity contribution in [2.45, 2.75) is 0 Å². The molecule has 8 heavy (non-hydrogen) atoms. The van der Waals surface area contributed by atoms with E-state index in [9.17, 15) is 0 Å². The minimum absolute atomic E-state index is 1.25. The summed E-state index contributed by atoms with van der Waals surface area (Å²) in [4.78, 5) is 8.57. The molecule has 48 valence electrons. The average molecular weight is 158 g/mol. The van der Waals surface area contributed by atoms with E-state index in [1.165, 1.54) is 5.94 Å². The Morgan fingerprint density at radius 3 is 1.25 bits per heavy atom. The Morgan fingerprint density at radius 1 is 1.25 bits per heavy atom. The zero-order valence-electron chi connectivity index (χ0n) is 3.90. The maximum atomic E-state index is 8.57. The molecule has 0 amide bonds. The molecule has 6 heteroatoms. The number of hydrogen-bond acceptors (Lipinski definition) is 5. The van der Waals surface area contributed by atoms with Gasteiger partial charge in [-0.2, -0.15) is 0 Å². The summed E-state index contributed by atoms with van der Waals surface area (Å²) >= 11 is -5.00. The van der Waals surface area contributed by atoms with E-state index in [-0.39, 0.29) is 0 Å². The van der Waals surface area contributed by atoms with E-state index < -0.39 is 18.1 Å². The van der Waals surface area contributed by atoms with E-state index >= 15 is 0 Å². The van der Waals surface area contributed by atoms with E-state index in [0.29, 0.717) is 0 Å². The van der Waals surface area contributed by atoms with E-state index in [1.54, 1.807) is 0 Å². The zero-order chi connectivity index (χ0) is 7.21. The Labute approximate surface area is 50.8 Å². The third-order valence-electron chi connectivity index (χ3n) is 0. The standard InChI is InChI=1S/C2H2O.4H2O.Ti/c1-2-3;;;;;/h1H2;4*1H2;/q;;;;;+4/p-4. The fourth-order valence-corrected chi connectivity index (χ4v) is 0. The summed E-state index contributed by atoms with van der Waals surface area (Å²) in [5.74, 6) is 1.25. The predicted octanol–water partition coefficient (Wildman–Crippen LogP) is -2.23. The van der Waals surface area contributed by atoms with E-state index in [1.807, 2.05) is 0 Å². The second-order valence-corrected chi connectivity index (χ2v) is 2.62. The molecule has 0 heterocycles. The van der Waals surface area contributed by atoms with Gasteiger partial charge in [-0.3, -0.25) is 0 Å². The van der Waals surface area contributed by atoms with Crippen LogP contribution in [0.5, 0.6) is 0 Å². The van der Waals surface area contributed by atoms with Gasteiger partial charge in [0.1, 0.15) is 5.94 Å². The van der Waals surface area contributed by atoms with Crippen LogP contribution >= 0.6 is 0 Å². The van der Waals surface area contributed by atoms with E-state index in [4.69, 9.17) is 19.5 Å². The quantitative estimate of drug-likeness (QED) is 0.236. The summed E-state index contributed by atoms with van der Waals surface area (Å²) in [6, 6.07) is 0. The van der Waals surface area contributed by atoms with Crippen LogP contribution in [0.3, 0.4) is 0 Å². The molecule has 0 rings (SSSR count). The van der Waals surface area contributed by atoms with Gasteiger partial charge in [0, 0.05) is 0 Å². The van der Waals surface area contributed by atoms with Crippen molar-refractivity contribution in [2.24, 2.45) is 0 Å². The van der Waals surface area contributed by atoms with Crippen molar-refractivity contribution in [3.8, 4) is 0 Å². The minimum atomic E-state index is -5.00. The first-order valence-corrected chi connectivity index (χ1v) is 4.25. The summed E-state index contributed by atoms with van der Waals surface area (Å²) in [6.07, 6.45) is 0. The molecule has 0 radical (unpaired) electrons. The van der Waals surface area contributed by atoms with Gasteiger partial charge in [-0.1, -0.05) is 0 Å². The Bertz CT molecular complexity index is 70.9. The molecule has 0 saturated heterocycles. The fraction of sp³-hybridized carbons (Fsp3) is 0. The summed E-state index contributed by atoms with van der Waals surface area (Å²) < 4.78 is 29.5. The molecule has 0 bridgehead atoms. The Kier molecular flexibility index (Phi) is 7.01. The number of hydrogen-bond donors (Lipinski definition) is 4. The molecule has 0 aromatic carbocycles. The van der Waals surface area contributed by atoms with Gasteiger partial charge in [0.05, 0.1) is 0 Å². The van der Waals surface area contributed by atoms with E-state index in [0.717, 1.165) is 0 Å². The van der Waals surface area contributed by atoms with Crippen molar-refractivity contribution in [1.82, 2.24) is 0 Å². The van der Waals surface area contributed by atoms with Crippen LogP contribution in [0, 0.1) is 0 Å². The van der Waals surface area contributed by atoms with Crippen molar-refractivity contribution in [3.05, 3.63) is 6.58 Å². The second-order valence-electron chi connectivity index (χ2n) is 0.744. The molecule has 0 aliphatic rings. The van der Waals surface area contributed by atoms with Gasteiger partial charge in [-0.05, 0) is 6.58 Å². The fourth-order valence-electron chi connectivity index (χ4n) is 0. The number of carbonyl (C=O) groups excluding carboxylic acids is 1. The molecule has 0 aliphatic heterocycles. The Morgan fingerprint density at radius 2 is 1.25 bits per heavy atom. The van der Waals surface area contributed by atoms with Crippen LogP contribution in [-0.2, 0) is 22.9 Å². The monoisotopic (exact) mass is 158 g/mol. The molecule has 0 spiro atoms. The molecular weight excluding hydrogens is 152 g/mol. The maximum absolute atomic E-state index is 8.57. The van der Waals surface area contributed by atoms with Crippen LogP contribution in [0.2, 0.25) is 0 Å². The van der Waals surface area contributed by atoms with Crippen LogP contribution < -0.4 is 0 Å². The molecule has 0 aliphatic carbocycles. The molecule has 0 unspecified atom stereocenters. The van der Waals surface area contributed by atoms with E-state index in [2.05, 4.69) is 6.58 Å². The van der Waals surface area contributed by atoms with Gasteiger partial charge in [-0.15, -0.1) is 0 Å². The van der Waals surface area contributed by atoms with Gasteiger partial charge < -0.3 is 0 Å². The summed E-state index contributed by atoms with van der Waals surface area (Å²) in [5.41, 5.74) is 0. The molecule has 5 nitrogen and oxygen atoms in total. The third-order valence-corrected chi connectivity index (χ3v) is 0. The first-order chi connectivity index (χ1) is 3.41. The zero-order valence-corrected chi connectivity index (χ0v) is 5.47. The topological polar surface area (TPSA) is 98.0 Å². The van der Waals surface area contributed by atoms with Crippen molar-refractivity contribution >= 4 is 5.94 Å². The molecular formula is C2H6O5Ti. The van der Waals surface area contributed by atoms with Gasteiger partial charge in [0.15, 0.2) is 0 Å². The molecule has 0 saturated carbocycles. The average Bonchev–Trinajstić information content (AvgIpc) is 1.27. The summed E-state index contributed by atoms with van der Waals surface area (Å²) in [6.45, 7) is 2.68. The van der Waals surface area contributed by atoms with Crippen molar-refractivity contribution < 1.29 is 37.7 Å². The van der Waals surface area contributed by atoms with Gasteiger partial charge in [0.2, 0.25) is 0 Å². The Hall–Kier alpha value is 0.00429. The van der Waals surface area contributed by atoms with Crippen molar-refractivity contribution in [3.63, 3.8) is 0 Å². The van der Waals surface area contributed by atoms with Crippen LogP contribution in [0.15, 0.2) is 6.58 Å². The molecule has 0 atom stereocenters. The number of rotatable bonds is 0. The van der Waals surface area contributed by atoms with Gasteiger partial charge in [0.25, 0.3) is 0 Å². The molecule has 4 N–H and O–H groups in total. The van der Waals surface area contributed by atoms with Gasteiger partial charge in [-0.25, -0.2) is 4.79 Å². The predicted molar refractivity (Wildman–Crippen MR) is 20.2 cm³/mol. The first kappa shape index (κ1) is 10.9. The van der Waals surface area contributed by atoms with Crippen molar-refractivity contribution in [1.29, 1.82) is 0 Å². The third kappa shape index (κ3) is 8190000. The molecule has 0 fully saturated rings. The first-order valence-electron chi connectivity index (χ1n) is 1.45. The molecule has 0 aromatic heterocycles. The second kappa shape index (κ2) is 5.15. The summed E-state index contributed by atoms with van der Waals surface area (Å²) in [5, 5.41) is 0. The van der Waals surface area contributed by atoms with Crippen LogP contribution in [0.4, 0.5) is 0 Å². The van der Waals surface area contributed by atoms with Crippen LogP contribution in [0.1, 0.15) is 0 Å².